The van der Waals surface area contributed by atoms with Crippen LogP contribution in [0, 0.1) is 27.0 Å². The Hall–Kier alpha value is -2.48. The van der Waals surface area contributed by atoms with E-state index in [2.05, 4.69) is 147 Å². The SMILES string of the molecule is CCc1[c-]c2ccccc(-c3ccccc3)c-2c1.CCc1[c-]c2ccccc(-c3ccccc3)c-2c1.Cl.Cl.[CH3-].[CH3-].[SiH2]=[Zr]. The summed E-state index contributed by atoms with van der Waals surface area (Å²) in [5.74, 6) is 0. The first-order valence-electron chi connectivity index (χ1n) is 13.1. The van der Waals surface area contributed by atoms with Crippen molar-refractivity contribution in [3.8, 4) is 44.5 Å². The molecule has 0 saturated carbocycles. The predicted molar refractivity (Wildman–Crippen MR) is 189 cm³/mol. The number of halogens is 2. The minimum absolute atomic E-state index is 0. The third-order valence-corrected chi connectivity index (χ3v) is 6.59. The van der Waals surface area contributed by atoms with Crippen molar-refractivity contribution >= 4 is 31.7 Å². The second kappa shape index (κ2) is 20.4. The van der Waals surface area contributed by atoms with Crippen LogP contribution in [0.1, 0.15) is 25.0 Å². The molecule has 4 aliphatic rings. The Kier molecular flexibility index (Phi) is 19.2. The van der Waals surface area contributed by atoms with E-state index >= 15 is 0 Å². The number of hydrogen-bond donors (Lipinski definition) is 0. The van der Waals surface area contributed by atoms with Crippen LogP contribution in [-0.2, 0) is 36.2 Å². The molecule has 2 aromatic carbocycles. The first-order valence-corrected chi connectivity index (χ1v) is 19.0. The molecule has 0 aromatic heterocycles. The van der Waals surface area contributed by atoms with Gasteiger partial charge in [0.25, 0.3) is 0 Å². The van der Waals surface area contributed by atoms with Crippen LogP contribution in [0.3, 0.4) is 0 Å². The van der Waals surface area contributed by atoms with Crippen molar-refractivity contribution in [1.29, 1.82) is 0 Å². The zero-order valence-corrected chi connectivity index (χ0v) is 30.5. The summed E-state index contributed by atoms with van der Waals surface area (Å²) in [6, 6.07) is 49.6. The Morgan fingerprint density at radius 3 is 1.12 bits per heavy atom. The van der Waals surface area contributed by atoms with Gasteiger partial charge in [-0.3, -0.25) is 0 Å². The Balaban J connectivity index is 0.000000694. The van der Waals surface area contributed by atoms with Crippen LogP contribution in [0.25, 0.3) is 44.5 Å². The van der Waals surface area contributed by atoms with Gasteiger partial charge in [0.1, 0.15) is 0 Å². The molecule has 0 N–H and O–H groups in total. The van der Waals surface area contributed by atoms with E-state index in [1.54, 1.807) is 23.3 Å². The molecule has 0 aliphatic heterocycles. The molecular formula is C38H40Cl2SiZr-4. The third kappa shape index (κ3) is 9.78. The van der Waals surface area contributed by atoms with Crippen LogP contribution in [0.4, 0.5) is 0 Å². The van der Waals surface area contributed by atoms with Crippen molar-refractivity contribution in [2.75, 3.05) is 0 Å². The van der Waals surface area contributed by atoms with Crippen LogP contribution in [-0.4, -0.2) is 6.88 Å². The fraction of sp³-hybridized carbons (Fsp3) is 0.105. The van der Waals surface area contributed by atoms with E-state index in [1.165, 1.54) is 55.6 Å². The number of fused-ring (bicyclic) bond motifs is 2. The average Bonchev–Trinajstić information content (AvgIpc) is 3.47. The van der Waals surface area contributed by atoms with Gasteiger partial charge < -0.3 is 14.9 Å². The molecule has 0 unspecified atom stereocenters. The maximum absolute atomic E-state index is 3.48. The Morgan fingerprint density at radius 2 is 0.786 bits per heavy atom. The first-order chi connectivity index (χ1) is 18.8. The summed E-state index contributed by atoms with van der Waals surface area (Å²) >= 11 is 1.58. The predicted octanol–water partition coefficient (Wildman–Crippen LogP) is 10.5. The molecule has 2 aromatic rings. The summed E-state index contributed by atoms with van der Waals surface area (Å²) < 4.78 is 0. The van der Waals surface area contributed by atoms with Gasteiger partial charge in [-0.25, -0.2) is 0 Å². The van der Waals surface area contributed by atoms with Crippen LogP contribution in [0.15, 0.2) is 121 Å². The zero-order valence-electron chi connectivity index (χ0n) is 25.0. The quantitative estimate of drug-likeness (QED) is 0.128. The van der Waals surface area contributed by atoms with Gasteiger partial charge in [0.05, 0.1) is 0 Å². The van der Waals surface area contributed by atoms with Crippen LogP contribution in [0.5, 0.6) is 0 Å². The topological polar surface area (TPSA) is 0 Å². The molecule has 0 bridgehead atoms. The van der Waals surface area contributed by atoms with Gasteiger partial charge in [0, 0.05) is 0 Å². The molecular weight excluding hydrogens is 647 g/mol. The van der Waals surface area contributed by atoms with Crippen LogP contribution in [0.2, 0.25) is 0 Å². The maximum atomic E-state index is 3.48. The van der Waals surface area contributed by atoms with E-state index in [1.807, 2.05) is 6.88 Å². The number of rotatable bonds is 4. The van der Waals surface area contributed by atoms with Crippen molar-refractivity contribution in [3.05, 3.63) is 159 Å². The molecule has 0 spiro atoms. The average molecular weight is 687 g/mol. The Morgan fingerprint density at radius 1 is 0.476 bits per heavy atom. The van der Waals surface area contributed by atoms with Gasteiger partial charge in [-0.05, 0) is 24.0 Å². The second-order valence-corrected chi connectivity index (χ2v) is 8.95. The van der Waals surface area contributed by atoms with Gasteiger partial charge in [-0.15, -0.1) is 83.5 Å². The van der Waals surface area contributed by atoms with Crippen molar-refractivity contribution < 1.29 is 23.3 Å². The van der Waals surface area contributed by atoms with Crippen LogP contribution >= 0.6 is 24.8 Å². The number of benzene rings is 2. The number of hydrogen-bond acceptors (Lipinski definition) is 0. The molecule has 0 amide bonds. The molecule has 0 fully saturated rings. The summed E-state index contributed by atoms with van der Waals surface area (Å²) in [6.07, 6.45) is 2.07. The minimum atomic E-state index is 0. The van der Waals surface area contributed by atoms with Crippen molar-refractivity contribution in [2.24, 2.45) is 0 Å². The second-order valence-electron chi connectivity index (χ2n) is 8.95. The van der Waals surface area contributed by atoms with E-state index in [-0.39, 0.29) is 39.7 Å². The molecule has 0 radical (unpaired) electrons. The summed E-state index contributed by atoms with van der Waals surface area (Å²) in [5, 5.41) is 0. The van der Waals surface area contributed by atoms with E-state index in [0.717, 1.165) is 12.8 Å². The zero-order chi connectivity index (χ0) is 26.7. The van der Waals surface area contributed by atoms with E-state index in [4.69, 9.17) is 0 Å². The molecule has 6 rings (SSSR count). The first kappa shape index (κ1) is 39.5. The fourth-order valence-electron chi connectivity index (χ4n) is 4.67. The van der Waals surface area contributed by atoms with Gasteiger partial charge >= 0.3 is 30.2 Å². The Labute approximate surface area is 283 Å². The summed E-state index contributed by atoms with van der Waals surface area (Å²) in [4.78, 5) is 0. The fourth-order valence-corrected chi connectivity index (χ4v) is 4.67. The standard InChI is InChI=1S/2C18H15.2CH3.2ClH.H2Si.Zr/c2*1-2-14-12-16-10-6-7-11-17(18(16)13-14)15-8-4-3-5-9-15;;;;;;/h2*3-11,13H,2H2,1H3;2*1H3;2*1H;1H2;/q4*-1;;;;. The van der Waals surface area contributed by atoms with Gasteiger partial charge in [0.2, 0.25) is 0 Å². The van der Waals surface area contributed by atoms with E-state index in [9.17, 15) is 0 Å². The van der Waals surface area contributed by atoms with Gasteiger partial charge in [-0.1, -0.05) is 110 Å². The van der Waals surface area contributed by atoms with Crippen molar-refractivity contribution in [1.82, 2.24) is 0 Å². The molecule has 218 valence electrons. The van der Waals surface area contributed by atoms with E-state index in [0.29, 0.717) is 0 Å². The van der Waals surface area contributed by atoms with Gasteiger partial charge in [0.15, 0.2) is 0 Å². The van der Waals surface area contributed by atoms with Gasteiger partial charge in [-0.2, -0.15) is 23.3 Å². The summed E-state index contributed by atoms with van der Waals surface area (Å²) in [5.41, 5.74) is 12.7. The molecule has 4 heteroatoms. The molecule has 0 nitrogen and oxygen atoms in total. The monoisotopic (exact) mass is 684 g/mol. The van der Waals surface area contributed by atoms with E-state index < -0.39 is 0 Å². The summed E-state index contributed by atoms with van der Waals surface area (Å²) in [6.45, 7) is 6.30. The van der Waals surface area contributed by atoms with Crippen molar-refractivity contribution in [3.63, 3.8) is 0 Å². The normalized spacial score (nSPS) is 9.26. The summed E-state index contributed by atoms with van der Waals surface area (Å²) in [7, 11) is 0. The molecule has 4 aliphatic carbocycles. The third-order valence-electron chi connectivity index (χ3n) is 6.59. The Bertz CT molecular complexity index is 1400. The molecule has 0 saturated heterocycles. The number of aryl methyl sites for hydroxylation is 2. The van der Waals surface area contributed by atoms with Crippen LogP contribution < -0.4 is 0 Å². The van der Waals surface area contributed by atoms with Crippen molar-refractivity contribution in [2.45, 2.75) is 26.7 Å². The molecule has 0 heterocycles. The molecule has 0 atom stereocenters. The molecule has 42 heavy (non-hydrogen) atoms.